The van der Waals surface area contributed by atoms with Crippen LogP contribution in [0.25, 0.3) is 0 Å². The second-order valence-electron chi connectivity index (χ2n) is 5.21. The van der Waals surface area contributed by atoms with E-state index in [2.05, 4.69) is 39.8 Å². The minimum Gasteiger partial charge on any atom is -0.399 e. The Morgan fingerprint density at radius 2 is 1.64 bits per heavy atom. The summed E-state index contributed by atoms with van der Waals surface area (Å²) in [6, 6.07) is 8.20. The lowest BCUT2D eigenvalue weighted by atomic mass is 9.78. The molecular formula is C13H21N. The van der Waals surface area contributed by atoms with Gasteiger partial charge in [-0.3, -0.25) is 0 Å². The number of hydrogen-bond acceptors (Lipinski definition) is 1. The molecule has 0 heterocycles. The zero-order valence-corrected chi connectivity index (χ0v) is 9.67. The molecular weight excluding hydrogens is 170 g/mol. The lowest BCUT2D eigenvalue weighted by molar-refractivity contribution is 0.260. The molecule has 1 unspecified atom stereocenters. The van der Waals surface area contributed by atoms with E-state index in [4.69, 9.17) is 5.73 Å². The van der Waals surface area contributed by atoms with Crippen molar-refractivity contribution in [2.24, 2.45) is 11.3 Å². The molecule has 0 amide bonds. The fourth-order valence-electron chi connectivity index (χ4n) is 1.31. The number of rotatable bonds is 2. The summed E-state index contributed by atoms with van der Waals surface area (Å²) in [5.41, 5.74) is 8.24. The molecule has 14 heavy (non-hydrogen) atoms. The molecule has 0 fully saturated rings. The molecule has 1 aromatic carbocycles. The van der Waals surface area contributed by atoms with Gasteiger partial charge in [0, 0.05) is 5.69 Å². The van der Waals surface area contributed by atoms with Crippen LogP contribution in [0.4, 0.5) is 5.69 Å². The van der Waals surface area contributed by atoms with Crippen molar-refractivity contribution in [3.8, 4) is 0 Å². The van der Waals surface area contributed by atoms with Gasteiger partial charge in [-0.2, -0.15) is 0 Å². The van der Waals surface area contributed by atoms with Gasteiger partial charge in [0.05, 0.1) is 0 Å². The van der Waals surface area contributed by atoms with Crippen LogP contribution >= 0.6 is 0 Å². The van der Waals surface area contributed by atoms with Crippen molar-refractivity contribution in [3.05, 3.63) is 29.8 Å². The van der Waals surface area contributed by atoms with Gasteiger partial charge in [0.15, 0.2) is 0 Å². The molecule has 0 saturated heterocycles. The lowest BCUT2D eigenvalue weighted by Crippen LogP contribution is -2.19. The summed E-state index contributed by atoms with van der Waals surface area (Å²) in [7, 11) is 0. The Morgan fingerprint density at radius 3 is 2.07 bits per heavy atom. The van der Waals surface area contributed by atoms with Crippen molar-refractivity contribution < 1.29 is 0 Å². The lowest BCUT2D eigenvalue weighted by Gasteiger charge is -2.27. The molecule has 1 aromatic rings. The van der Waals surface area contributed by atoms with E-state index < -0.39 is 0 Å². The number of benzene rings is 1. The molecule has 0 saturated carbocycles. The Morgan fingerprint density at radius 1 is 1.14 bits per heavy atom. The third-order valence-corrected chi connectivity index (χ3v) is 3.00. The minimum atomic E-state index is 0.376. The fraction of sp³-hybridized carbons (Fsp3) is 0.538. The summed E-state index contributed by atoms with van der Waals surface area (Å²) in [5.74, 6) is 0.686. The summed E-state index contributed by atoms with van der Waals surface area (Å²) in [4.78, 5) is 0. The topological polar surface area (TPSA) is 26.0 Å². The average Bonchev–Trinajstić information content (AvgIpc) is 2.07. The Kier molecular flexibility index (Phi) is 3.20. The van der Waals surface area contributed by atoms with Gasteiger partial charge in [0.1, 0.15) is 0 Å². The van der Waals surface area contributed by atoms with Crippen LogP contribution in [0.5, 0.6) is 0 Å². The zero-order valence-electron chi connectivity index (χ0n) is 9.67. The van der Waals surface area contributed by atoms with Gasteiger partial charge in [-0.1, -0.05) is 39.8 Å². The van der Waals surface area contributed by atoms with Crippen LogP contribution in [0.3, 0.4) is 0 Å². The molecule has 1 atom stereocenters. The van der Waals surface area contributed by atoms with E-state index in [1.807, 2.05) is 12.1 Å². The first-order chi connectivity index (χ1) is 6.39. The second kappa shape index (κ2) is 4.04. The van der Waals surface area contributed by atoms with Gasteiger partial charge in [-0.15, -0.1) is 0 Å². The Bertz CT molecular complexity index is 279. The van der Waals surface area contributed by atoms with Crippen LogP contribution in [0.2, 0.25) is 0 Å². The fourth-order valence-corrected chi connectivity index (χ4v) is 1.31. The molecule has 78 valence electrons. The predicted molar refractivity (Wildman–Crippen MR) is 63.2 cm³/mol. The van der Waals surface area contributed by atoms with Gasteiger partial charge in [-0.25, -0.2) is 0 Å². The van der Waals surface area contributed by atoms with Gasteiger partial charge >= 0.3 is 0 Å². The largest absolute Gasteiger partial charge is 0.399 e. The highest BCUT2D eigenvalue weighted by Crippen LogP contribution is 2.28. The quantitative estimate of drug-likeness (QED) is 0.711. The predicted octanol–water partition coefficient (Wildman–Crippen LogP) is 3.49. The van der Waals surface area contributed by atoms with E-state index in [9.17, 15) is 0 Å². The Balaban J connectivity index is 2.65. The van der Waals surface area contributed by atoms with Crippen molar-refractivity contribution in [3.63, 3.8) is 0 Å². The van der Waals surface area contributed by atoms with Crippen LogP contribution in [0.1, 0.15) is 33.3 Å². The summed E-state index contributed by atoms with van der Waals surface area (Å²) in [6.45, 7) is 9.16. The molecule has 0 bridgehead atoms. The number of nitrogen functional groups attached to an aromatic ring is 1. The molecule has 1 heteroatoms. The molecule has 2 N–H and O–H groups in total. The molecule has 0 radical (unpaired) electrons. The van der Waals surface area contributed by atoms with Crippen molar-refractivity contribution in [1.82, 2.24) is 0 Å². The normalized spacial score (nSPS) is 14.0. The monoisotopic (exact) mass is 191 g/mol. The number of anilines is 1. The standard InChI is InChI=1S/C13H21N/c1-10(13(2,3)4)9-11-5-7-12(14)8-6-11/h5-8,10H,9,14H2,1-4H3. The summed E-state index contributed by atoms with van der Waals surface area (Å²) < 4.78 is 0. The van der Waals surface area contributed by atoms with Crippen LogP contribution in [0, 0.1) is 11.3 Å². The van der Waals surface area contributed by atoms with Crippen molar-refractivity contribution in [1.29, 1.82) is 0 Å². The first-order valence-electron chi connectivity index (χ1n) is 5.24. The minimum absolute atomic E-state index is 0.376. The van der Waals surface area contributed by atoms with Gasteiger partial charge < -0.3 is 5.73 Å². The SMILES string of the molecule is CC(Cc1ccc(N)cc1)C(C)(C)C. The summed E-state index contributed by atoms with van der Waals surface area (Å²) >= 11 is 0. The molecule has 0 aromatic heterocycles. The Hall–Kier alpha value is -0.980. The van der Waals surface area contributed by atoms with E-state index in [0.717, 1.165) is 12.1 Å². The van der Waals surface area contributed by atoms with Crippen molar-refractivity contribution in [2.45, 2.75) is 34.1 Å². The summed E-state index contributed by atoms with van der Waals surface area (Å²) in [5, 5.41) is 0. The van der Waals surface area contributed by atoms with E-state index in [1.54, 1.807) is 0 Å². The highest BCUT2D eigenvalue weighted by Gasteiger charge is 2.19. The first-order valence-corrected chi connectivity index (χ1v) is 5.24. The molecule has 1 rings (SSSR count). The van der Waals surface area contributed by atoms with E-state index in [0.29, 0.717) is 11.3 Å². The molecule has 0 spiro atoms. The summed E-state index contributed by atoms with van der Waals surface area (Å²) in [6.07, 6.45) is 1.13. The van der Waals surface area contributed by atoms with Gasteiger partial charge in [0.25, 0.3) is 0 Å². The highest BCUT2D eigenvalue weighted by molar-refractivity contribution is 5.39. The van der Waals surface area contributed by atoms with E-state index in [-0.39, 0.29) is 0 Å². The maximum absolute atomic E-state index is 5.64. The Labute approximate surface area is 87.3 Å². The third kappa shape index (κ3) is 3.06. The average molecular weight is 191 g/mol. The molecule has 1 nitrogen and oxygen atoms in total. The first kappa shape index (κ1) is 11.1. The van der Waals surface area contributed by atoms with E-state index >= 15 is 0 Å². The van der Waals surface area contributed by atoms with Crippen LogP contribution in [-0.2, 0) is 6.42 Å². The molecule has 0 aliphatic carbocycles. The van der Waals surface area contributed by atoms with E-state index in [1.165, 1.54) is 5.56 Å². The second-order valence-corrected chi connectivity index (χ2v) is 5.21. The molecule has 0 aliphatic rings. The van der Waals surface area contributed by atoms with Gasteiger partial charge in [0.2, 0.25) is 0 Å². The highest BCUT2D eigenvalue weighted by atomic mass is 14.5. The van der Waals surface area contributed by atoms with Crippen LogP contribution in [0.15, 0.2) is 24.3 Å². The van der Waals surface area contributed by atoms with Crippen LogP contribution in [-0.4, -0.2) is 0 Å². The smallest absolute Gasteiger partial charge is 0.0314 e. The third-order valence-electron chi connectivity index (χ3n) is 3.00. The number of nitrogens with two attached hydrogens (primary N) is 1. The maximum atomic E-state index is 5.64. The van der Waals surface area contributed by atoms with Gasteiger partial charge in [-0.05, 0) is 35.4 Å². The van der Waals surface area contributed by atoms with Crippen LogP contribution < -0.4 is 5.73 Å². The maximum Gasteiger partial charge on any atom is 0.0314 e. The zero-order chi connectivity index (χ0) is 10.8. The van der Waals surface area contributed by atoms with Crippen molar-refractivity contribution in [2.75, 3.05) is 5.73 Å². The van der Waals surface area contributed by atoms with Crippen molar-refractivity contribution >= 4 is 5.69 Å². The number of hydrogen-bond donors (Lipinski definition) is 1. The molecule has 0 aliphatic heterocycles.